The minimum absolute atomic E-state index is 0.159. The van der Waals surface area contributed by atoms with Crippen LogP contribution in [0.15, 0.2) is 11.4 Å². The second-order valence-electron chi connectivity index (χ2n) is 2.68. The Balaban J connectivity index is 2.32. The lowest BCUT2D eigenvalue weighted by Crippen LogP contribution is -2.07. The molecule has 1 aliphatic rings. The van der Waals surface area contributed by atoms with Crippen LogP contribution in [0.4, 0.5) is 5.00 Å². The summed E-state index contributed by atoms with van der Waals surface area (Å²) < 4.78 is 0. The Morgan fingerprint density at radius 3 is 3.27 bits per heavy atom. The van der Waals surface area contributed by atoms with Crippen LogP contribution in [0.2, 0.25) is 0 Å². The Labute approximate surface area is 69.2 Å². The molecule has 11 heavy (non-hydrogen) atoms. The van der Waals surface area contributed by atoms with Crippen molar-refractivity contribution in [2.75, 3.05) is 5.32 Å². The van der Waals surface area contributed by atoms with Crippen LogP contribution in [-0.2, 0) is 11.2 Å². The molecule has 2 nitrogen and oxygen atoms in total. The summed E-state index contributed by atoms with van der Waals surface area (Å²) in [5, 5.41) is 5.95. The molecule has 1 aliphatic heterocycles. The summed E-state index contributed by atoms with van der Waals surface area (Å²) in [5.41, 5.74) is 1.29. The minimum atomic E-state index is 0.159. The van der Waals surface area contributed by atoms with E-state index in [1.807, 2.05) is 5.38 Å². The van der Waals surface area contributed by atoms with Crippen molar-refractivity contribution in [3.8, 4) is 0 Å². The van der Waals surface area contributed by atoms with Crippen molar-refractivity contribution in [3.05, 3.63) is 17.0 Å². The van der Waals surface area contributed by atoms with E-state index in [0.29, 0.717) is 6.42 Å². The fourth-order valence-electron chi connectivity index (χ4n) is 1.27. The number of hydrogen-bond acceptors (Lipinski definition) is 2. The van der Waals surface area contributed by atoms with Gasteiger partial charge >= 0.3 is 0 Å². The van der Waals surface area contributed by atoms with Gasteiger partial charge in [-0.15, -0.1) is 11.3 Å². The normalized spacial score (nSPS) is 16.9. The van der Waals surface area contributed by atoms with Gasteiger partial charge < -0.3 is 5.32 Å². The van der Waals surface area contributed by atoms with Gasteiger partial charge in [0, 0.05) is 6.42 Å². The number of fused-ring (bicyclic) bond motifs is 1. The Morgan fingerprint density at radius 2 is 2.36 bits per heavy atom. The molecule has 0 spiro atoms. The maximum atomic E-state index is 11.0. The van der Waals surface area contributed by atoms with Crippen LogP contribution >= 0.6 is 11.3 Å². The van der Waals surface area contributed by atoms with Gasteiger partial charge in [0.05, 0.1) is 5.00 Å². The standard InChI is InChI=1S/C8H9NOS/c10-7-3-1-2-6-4-5-11-8(6)9-7/h4-5H,1-3H2,(H,9,10). The molecule has 0 unspecified atom stereocenters. The highest BCUT2D eigenvalue weighted by Gasteiger charge is 2.12. The van der Waals surface area contributed by atoms with Gasteiger partial charge in [-0.2, -0.15) is 0 Å². The highest BCUT2D eigenvalue weighted by atomic mass is 32.1. The van der Waals surface area contributed by atoms with Crippen LogP contribution in [-0.4, -0.2) is 5.91 Å². The third kappa shape index (κ3) is 1.28. The van der Waals surface area contributed by atoms with Crippen molar-refractivity contribution in [1.29, 1.82) is 0 Å². The number of carbonyl (C=O) groups is 1. The second kappa shape index (κ2) is 2.66. The molecule has 1 aromatic rings. The van der Waals surface area contributed by atoms with Crippen molar-refractivity contribution < 1.29 is 4.79 Å². The Kier molecular flexibility index (Phi) is 1.66. The first-order chi connectivity index (χ1) is 5.36. The maximum absolute atomic E-state index is 11.0. The molecule has 0 atom stereocenters. The van der Waals surface area contributed by atoms with Crippen LogP contribution in [0.25, 0.3) is 0 Å². The van der Waals surface area contributed by atoms with Gasteiger partial charge in [-0.25, -0.2) is 0 Å². The van der Waals surface area contributed by atoms with E-state index < -0.39 is 0 Å². The summed E-state index contributed by atoms with van der Waals surface area (Å²) in [6.07, 6.45) is 2.69. The largest absolute Gasteiger partial charge is 0.317 e. The summed E-state index contributed by atoms with van der Waals surface area (Å²) >= 11 is 1.61. The van der Waals surface area contributed by atoms with E-state index >= 15 is 0 Å². The topological polar surface area (TPSA) is 29.1 Å². The number of nitrogens with one attached hydrogen (secondary N) is 1. The third-order valence-corrected chi connectivity index (χ3v) is 2.72. The monoisotopic (exact) mass is 167 g/mol. The lowest BCUT2D eigenvalue weighted by atomic mass is 10.2. The molecule has 0 aromatic carbocycles. The van der Waals surface area contributed by atoms with Crippen LogP contribution in [0.1, 0.15) is 18.4 Å². The zero-order valence-corrected chi connectivity index (χ0v) is 6.91. The number of anilines is 1. The van der Waals surface area contributed by atoms with Crippen molar-refractivity contribution in [2.45, 2.75) is 19.3 Å². The van der Waals surface area contributed by atoms with E-state index in [2.05, 4.69) is 11.4 Å². The van der Waals surface area contributed by atoms with E-state index in [9.17, 15) is 4.79 Å². The SMILES string of the molecule is O=C1CCCc2ccsc2N1. The summed E-state index contributed by atoms with van der Waals surface area (Å²) in [4.78, 5) is 11.0. The highest BCUT2D eigenvalue weighted by Crippen LogP contribution is 2.27. The molecule has 0 bridgehead atoms. The lowest BCUT2D eigenvalue weighted by Gasteiger charge is -1.96. The van der Waals surface area contributed by atoms with Gasteiger partial charge in [0.2, 0.25) is 5.91 Å². The molecular weight excluding hydrogens is 158 g/mol. The van der Waals surface area contributed by atoms with E-state index in [4.69, 9.17) is 0 Å². The molecule has 0 aliphatic carbocycles. The van der Waals surface area contributed by atoms with Crippen LogP contribution in [0.5, 0.6) is 0 Å². The Morgan fingerprint density at radius 1 is 1.45 bits per heavy atom. The zero-order chi connectivity index (χ0) is 7.68. The first-order valence-corrected chi connectivity index (χ1v) is 4.60. The van der Waals surface area contributed by atoms with E-state index in [1.165, 1.54) is 5.56 Å². The summed E-state index contributed by atoms with van der Waals surface area (Å²) in [7, 11) is 0. The van der Waals surface area contributed by atoms with Crippen molar-refractivity contribution in [3.63, 3.8) is 0 Å². The minimum Gasteiger partial charge on any atom is -0.317 e. The number of rotatable bonds is 0. The summed E-state index contributed by atoms with van der Waals surface area (Å²) in [5.74, 6) is 0.159. The van der Waals surface area contributed by atoms with Gasteiger partial charge in [0.15, 0.2) is 0 Å². The zero-order valence-electron chi connectivity index (χ0n) is 6.09. The van der Waals surface area contributed by atoms with Gasteiger partial charge in [-0.05, 0) is 29.9 Å². The van der Waals surface area contributed by atoms with Crippen LogP contribution < -0.4 is 5.32 Å². The maximum Gasteiger partial charge on any atom is 0.224 e. The van der Waals surface area contributed by atoms with Gasteiger partial charge in [0.25, 0.3) is 0 Å². The molecule has 0 radical (unpaired) electrons. The quantitative estimate of drug-likeness (QED) is 0.629. The molecular formula is C8H9NOS. The predicted octanol–water partition coefficient (Wildman–Crippen LogP) is 2.02. The molecule has 58 valence electrons. The summed E-state index contributed by atoms with van der Waals surface area (Å²) in [6, 6.07) is 2.09. The molecule has 2 rings (SSSR count). The van der Waals surface area contributed by atoms with Gasteiger partial charge in [0.1, 0.15) is 0 Å². The Bertz CT molecular complexity index is 279. The van der Waals surface area contributed by atoms with Crippen molar-refractivity contribution >= 4 is 22.2 Å². The molecule has 0 saturated heterocycles. The molecule has 2 heterocycles. The number of amides is 1. The molecule has 0 saturated carbocycles. The average Bonchev–Trinajstić information content (AvgIpc) is 2.31. The number of hydrogen-bond donors (Lipinski definition) is 1. The number of aryl methyl sites for hydroxylation is 1. The van der Waals surface area contributed by atoms with Gasteiger partial charge in [-0.3, -0.25) is 4.79 Å². The smallest absolute Gasteiger partial charge is 0.224 e. The van der Waals surface area contributed by atoms with Crippen LogP contribution in [0.3, 0.4) is 0 Å². The number of thiophene rings is 1. The fraction of sp³-hybridized carbons (Fsp3) is 0.375. The highest BCUT2D eigenvalue weighted by molar-refractivity contribution is 7.14. The first-order valence-electron chi connectivity index (χ1n) is 3.72. The molecule has 0 fully saturated rings. The molecule has 1 aromatic heterocycles. The van der Waals surface area contributed by atoms with E-state index in [1.54, 1.807) is 11.3 Å². The number of carbonyl (C=O) groups excluding carboxylic acids is 1. The van der Waals surface area contributed by atoms with Crippen LogP contribution in [0, 0.1) is 0 Å². The molecule has 3 heteroatoms. The van der Waals surface area contributed by atoms with Crippen molar-refractivity contribution in [2.24, 2.45) is 0 Å². The van der Waals surface area contributed by atoms with Gasteiger partial charge in [-0.1, -0.05) is 0 Å². The second-order valence-corrected chi connectivity index (χ2v) is 3.59. The van der Waals surface area contributed by atoms with E-state index in [0.717, 1.165) is 17.8 Å². The van der Waals surface area contributed by atoms with Crippen molar-refractivity contribution in [1.82, 2.24) is 0 Å². The molecule has 1 N–H and O–H groups in total. The van der Waals surface area contributed by atoms with E-state index in [-0.39, 0.29) is 5.91 Å². The first kappa shape index (κ1) is 6.85. The molecule has 1 amide bonds. The fourth-order valence-corrected chi connectivity index (χ4v) is 2.13. The lowest BCUT2D eigenvalue weighted by molar-refractivity contribution is -0.116. The summed E-state index contributed by atoms with van der Waals surface area (Å²) in [6.45, 7) is 0. The predicted molar refractivity (Wildman–Crippen MR) is 45.9 cm³/mol. The Hall–Kier alpha value is -0.830. The average molecular weight is 167 g/mol. The third-order valence-electron chi connectivity index (χ3n) is 1.85.